The Balaban J connectivity index is 1.23. The van der Waals surface area contributed by atoms with E-state index in [2.05, 4.69) is 6.92 Å². The molecule has 3 unspecified atom stereocenters. The fraction of sp³-hybridized carbons (Fsp3) is 1.00. The van der Waals surface area contributed by atoms with E-state index in [1.54, 1.807) is 13.8 Å². The first-order valence-corrected chi connectivity index (χ1v) is 13.7. The molecule has 4 aliphatic carbocycles. The van der Waals surface area contributed by atoms with Crippen molar-refractivity contribution in [3.05, 3.63) is 0 Å². The lowest BCUT2D eigenvalue weighted by atomic mass is 9.62. The Morgan fingerprint density at radius 1 is 0.548 bits per heavy atom. The third-order valence-corrected chi connectivity index (χ3v) is 10.7. The molecule has 0 spiro atoms. The second-order valence-corrected chi connectivity index (χ2v) is 12.5. The molecule has 0 aliphatic heterocycles. The van der Waals surface area contributed by atoms with Gasteiger partial charge in [0.15, 0.2) is 0 Å². The van der Waals surface area contributed by atoms with Gasteiger partial charge in [-0.25, -0.2) is 13.2 Å². The van der Waals surface area contributed by atoms with Gasteiger partial charge in [0.25, 0.3) is 0 Å². The van der Waals surface area contributed by atoms with Crippen LogP contribution in [0.2, 0.25) is 0 Å². The van der Waals surface area contributed by atoms with Crippen molar-refractivity contribution in [1.82, 2.24) is 0 Å². The first kappa shape index (κ1) is 23.9. The summed E-state index contributed by atoms with van der Waals surface area (Å²) in [6, 6.07) is 0. The standard InChI is InChI=1S/C28H47F3/c1-18-4-6-20(7-5-18)21-8-10-22(11-9-21)23-12-14-24(15-13-23)28(3,31)25-16-26(29)19(2)27(30)17-25/h18-27H,4-17H2,1-3H3. The van der Waals surface area contributed by atoms with Crippen LogP contribution in [-0.2, 0) is 0 Å². The Bertz CT molecular complexity index is 539. The van der Waals surface area contributed by atoms with Gasteiger partial charge >= 0.3 is 0 Å². The Morgan fingerprint density at radius 3 is 1.32 bits per heavy atom. The van der Waals surface area contributed by atoms with Crippen LogP contribution in [0.5, 0.6) is 0 Å². The minimum Gasteiger partial charge on any atom is -0.247 e. The van der Waals surface area contributed by atoms with Crippen molar-refractivity contribution in [3.8, 4) is 0 Å². The molecule has 0 aromatic heterocycles. The summed E-state index contributed by atoms with van der Waals surface area (Å²) in [7, 11) is 0. The van der Waals surface area contributed by atoms with E-state index in [1.165, 1.54) is 51.4 Å². The van der Waals surface area contributed by atoms with Gasteiger partial charge in [0.1, 0.15) is 18.0 Å². The van der Waals surface area contributed by atoms with E-state index in [1.807, 2.05) is 0 Å². The second-order valence-electron chi connectivity index (χ2n) is 12.5. The molecule has 180 valence electrons. The molecule has 4 fully saturated rings. The highest BCUT2D eigenvalue weighted by molar-refractivity contribution is 4.98. The van der Waals surface area contributed by atoms with Crippen LogP contribution in [0.15, 0.2) is 0 Å². The fourth-order valence-corrected chi connectivity index (χ4v) is 8.09. The molecule has 4 rings (SSSR count). The van der Waals surface area contributed by atoms with Crippen LogP contribution in [0.25, 0.3) is 0 Å². The minimum atomic E-state index is -1.42. The monoisotopic (exact) mass is 440 g/mol. The van der Waals surface area contributed by atoms with Crippen LogP contribution >= 0.6 is 0 Å². The normalized spacial score (nSPS) is 49.4. The molecule has 0 saturated heterocycles. The van der Waals surface area contributed by atoms with E-state index in [0.717, 1.165) is 55.3 Å². The molecule has 31 heavy (non-hydrogen) atoms. The van der Waals surface area contributed by atoms with Crippen LogP contribution < -0.4 is 0 Å². The predicted octanol–water partition coefficient (Wildman–Crippen LogP) is 8.88. The Morgan fingerprint density at radius 2 is 0.903 bits per heavy atom. The van der Waals surface area contributed by atoms with Gasteiger partial charge in [-0.1, -0.05) is 26.7 Å². The average Bonchev–Trinajstić information content (AvgIpc) is 2.78. The summed E-state index contributed by atoms with van der Waals surface area (Å²) in [5, 5.41) is 0. The van der Waals surface area contributed by atoms with Crippen LogP contribution in [0.3, 0.4) is 0 Å². The van der Waals surface area contributed by atoms with Crippen molar-refractivity contribution in [2.24, 2.45) is 47.3 Å². The van der Waals surface area contributed by atoms with E-state index in [9.17, 15) is 8.78 Å². The molecule has 3 heteroatoms. The molecule has 0 amide bonds. The largest absolute Gasteiger partial charge is 0.247 e. The zero-order valence-corrected chi connectivity index (χ0v) is 20.3. The van der Waals surface area contributed by atoms with Gasteiger partial charge < -0.3 is 0 Å². The third kappa shape index (κ3) is 5.32. The molecule has 0 N–H and O–H groups in total. The van der Waals surface area contributed by atoms with Crippen molar-refractivity contribution >= 4 is 0 Å². The molecule has 3 atom stereocenters. The SMILES string of the molecule is CC1CCC(C2CCC(C3CCC(C(C)(F)C4CC(F)C(C)C(F)C4)CC3)CC2)CC1. The number of hydrogen-bond donors (Lipinski definition) is 0. The zero-order chi connectivity index (χ0) is 22.2. The first-order chi connectivity index (χ1) is 14.8. The molecule has 0 radical (unpaired) electrons. The lowest BCUT2D eigenvalue weighted by Crippen LogP contribution is -2.47. The summed E-state index contributed by atoms with van der Waals surface area (Å²) >= 11 is 0. The molecular formula is C28H47F3. The summed E-state index contributed by atoms with van der Waals surface area (Å²) in [5.41, 5.74) is -1.42. The molecule has 4 aliphatic rings. The lowest BCUT2D eigenvalue weighted by Gasteiger charge is -2.46. The fourth-order valence-electron chi connectivity index (χ4n) is 8.09. The van der Waals surface area contributed by atoms with Crippen LogP contribution in [0.4, 0.5) is 13.2 Å². The van der Waals surface area contributed by atoms with Crippen LogP contribution in [0, 0.1) is 47.3 Å². The smallest absolute Gasteiger partial charge is 0.114 e. The number of alkyl halides is 3. The minimum absolute atomic E-state index is 0.0119. The molecule has 0 bridgehead atoms. The molecular weight excluding hydrogens is 393 g/mol. The van der Waals surface area contributed by atoms with Gasteiger partial charge in [-0.3, -0.25) is 0 Å². The van der Waals surface area contributed by atoms with Gasteiger partial charge in [0.05, 0.1) is 0 Å². The summed E-state index contributed by atoms with van der Waals surface area (Å²) in [4.78, 5) is 0. The quantitative estimate of drug-likeness (QED) is 0.409. The highest BCUT2D eigenvalue weighted by Crippen LogP contribution is 2.51. The van der Waals surface area contributed by atoms with Gasteiger partial charge in [-0.15, -0.1) is 0 Å². The summed E-state index contributed by atoms with van der Waals surface area (Å²) < 4.78 is 44.4. The summed E-state index contributed by atoms with van der Waals surface area (Å²) in [6.45, 7) is 5.71. The maximum absolute atomic E-state index is 15.9. The van der Waals surface area contributed by atoms with Crippen LogP contribution in [0.1, 0.15) is 111 Å². The van der Waals surface area contributed by atoms with E-state index < -0.39 is 29.8 Å². The highest BCUT2D eigenvalue weighted by atomic mass is 19.2. The van der Waals surface area contributed by atoms with Crippen molar-refractivity contribution in [3.63, 3.8) is 0 Å². The molecule has 0 heterocycles. The van der Waals surface area contributed by atoms with E-state index in [4.69, 9.17) is 0 Å². The lowest BCUT2D eigenvalue weighted by molar-refractivity contribution is -0.0570. The summed E-state index contributed by atoms with van der Waals surface area (Å²) in [6.07, 6.45) is 13.5. The first-order valence-electron chi connectivity index (χ1n) is 13.7. The Labute approximate surface area is 189 Å². The Hall–Kier alpha value is -0.210. The van der Waals surface area contributed by atoms with Crippen molar-refractivity contribution in [1.29, 1.82) is 0 Å². The molecule has 4 saturated carbocycles. The maximum atomic E-state index is 15.9. The van der Waals surface area contributed by atoms with Crippen molar-refractivity contribution in [2.75, 3.05) is 0 Å². The van der Waals surface area contributed by atoms with Gasteiger partial charge in [-0.2, -0.15) is 0 Å². The topological polar surface area (TPSA) is 0 Å². The second kappa shape index (κ2) is 9.96. The van der Waals surface area contributed by atoms with E-state index >= 15 is 4.39 Å². The molecule has 0 nitrogen and oxygen atoms in total. The highest BCUT2D eigenvalue weighted by Gasteiger charge is 2.49. The number of rotatable bonds is 4. The Kier molecular flexibility index (Phi) is 7.69. The van der Waals surface area contributed by atoms with Crippen molar-refractivity contribution in [2.45, 2.75) is 129 Å². The third-order valence-electron chi connectivity index (χ3n) is 10.7. The average molecular weight is 441 g/mol. The summed E-state index contributed by atoms with van der Waals surface area (Å²) in [5.74, 6) is 3.44. The number of hydrogen-bond acceptors (Lipinski definition) is 0. The zero-order valence-electron chi connectivity index (χ0n) is 20.3. The van der Waals surface area contributed by atoms with Gasteiger partial charge in [0.2, 0.25) is 0 Å². The predicted molar refractivity (Wildman–Crippen MR) is 123 cm³/mol. The maximum Gasteiger partial charge on any atom is 0.114 e. The number of halogens is 3. The van der Waals surface area contributed by atoms with Gasteiger partial charge in [0, 0.05) is 5.92 Å². The van der Waals surface area contributed by atoms with Gasteiger partial charge in [-0.05, 0) is 125 Å². The van der Waals surface area contributed by atoms with Crippen LogP contribution in [-0.4, -0.2) is 18.0 Å². The molecule has 0 aromatic carbocycles. The van der Waals surface area contributed by atoms with E-state index in [0.29, 0.717) is 0 Å². The van der Waals surface area contributed by atoms with E-state index in [-0.39, 0.29) is 18.8 Å². The van der Waals surface area contributed by atoms with Crippen molar-refractivity contribution < 1.29 is 13.2 Å². The molecule has 0 aromatic rings.